The molecule has 1 amide bonds. The second kappa shape index (κ2) is 14.6. The minimum absolute atomic E-state index is 0.0815. The smallest absolute Gasteiger partial charge is 0.229 e. The number of benzene rings is 2. The maximum Gasteiger partial charge on any atom is 0.229 e. The average molecular weight is 593 g/mol. The van der Waals surface area contributed by atoms with Gasteiger partial charge in [-0.05, 0) is 36.8 Å². The summed E-state index contributed by atoms with van der Waals surface area (Å²) in [6, 6.07) is 19.4. The zero-order valence-corrected chi connectivity index (χ0v) is 24.5. The maximum absolute atomic E-state index is 13.2. The minimum Gasteiger partial charge on any atom is -0.388 e. The molecule has 0 aliphatic heterocycles. The molecule has 1 aliphatic rings. The monoisotopic (exact) mass is 592 g/mol. The van der Waals surface area contributed by atoms with Crippen molar-refractivity contribution in [2.45, 2.75) is 70.1 Å². The molecule has 4 unspecified atom stereocenters. The van der Waals surface area contributed by atoms with Crippen LogP contribution < -0.4 is 10.6 Å². The van der Waals surface area contributed by atoms with Gasteiger partial charge in [-0.3, -0.25) is 4.79 Å². The van der Waals surface area contributed by atoms with Crippen molar-refractivity contribution in [3.63, 3.8) is 0 Å². The van der Waals surface area contributed by atoms with E-state index in [4.69, 9.17) is 0 Å². The highest BCUT2D eigenvalue weighted by Crippen LogP contribution is 2.39. The van der Waals surface area contributed by atoms with E-state index in [1.54, 1.807) is 0 Å². The van der Waals surface area contributed by atoms with Crippen LogP contribution >= 0.6 is 22.7 Å². The van der Waals surface area contributed by atoms with E-state index >= 15 is 0 Å². The van der Waals surface area contributed by atoms with E-state index < -0.39 is 12.3 Å². The third-order valence-corrected chi connectivity index (χ3v) is 9.27. The van der Waals surface area contributed by atoms with E-state index in [2.05, 4.69) is 31.0 Å². The standard InChI is InChI=1S/C30H36N6O3S2/c37-24(19-20-11-3-1-4-12-20)31-29-35-33-25(40-29)17-9-10-18-26-34-36-30(41-26)32-28(39)23-16-8-7-15-22(23)27(38)21-13-5-2-6-14-21/h1-6,11-14,22-24,27,37-38H,7-10,15-19H2,(H,31,35)(H,32,36,39). The maximum atomic E-state index is 13.2. The molecular formula is C30H36N6O3S2. The van der Waals surface area contributed by atoms with Crippen molar-refractivity contribution in [1.29, 1.82) is 0 Å². The van der Waals surface area contributed by atoms with Crippen LogP contribution in [0.2, 0.25) is 0 Å². The van der Waals surface area contributed by atoms with Crippen LogP contribution in [0, 0.1) is 11.8 Å². The number of amides is 1. The number of anilines is 2. The number of unbranched alkanes of at least 4 members (excludes halogenated alkanes) is 1. The van der Waals surface area contributed by atoms with Crippen molar-refractivity contribution in [3.8, 4) is 0 Å². The van der Waals surface area contributed by atoms with Gasteiger partial charge in [-0.25, -0.2) is 0 Å². The third kappa shape index (κ3) is 8.38. The average Bonchev–Trinajstić information content (AvgIpc) is 3.64. The van der Waals surface area contributed by atoms with Gasteiger partial charge in [0.2, 0.25) is 16.2 Å². The first-order chi connectivity index (χ1) is 20.0. The van der Waals surface area contributed by atoms with E-state index in [9.17, 15) is 15.0 Å². The highest BCUT2D eigenvalue weighted by molar-refractivity contribution is 7.15. The zero-order chi connectivity index (χ0) is 28.4. The Labute approximate surface area is 248 Å². The largest absolute Gasteiger partial charge is 0.388 e. The number of aliphatic hydroxyl groups is 2. The molecule has 0 saturated heterocycles. The first kappa shape index (κ1) is 29.2. The van der Waals surface area contributed by atoms with Gasteiger partial charge in [0.1, 0.15) is 16.2 Å². The summed E-state index contributed by atoms with van der Waals surface area (Å²) >= 11 is 2.87. The number of hydrogen-bond donors (Lipinski definition) is 4. The number of nitrogens with zero attached hydrogens (tertiary/aromatic N) is 4. The van der Waals surface area contributed by atoms with Crippen LogP contribution in [0.5, 0.6) is 0 Å². The summed E-state index contributed by atoms with van der Waals surface area (Å²) in [6.07, 6.45) is 6.12. The Kier molecular flexibility index (Phi) is 10.4. The summed E-state index contributed by atoms with van der Waals surface area (Å²) in [5.74, 6) is -0.444. The van der Waals surface area contributed by atoms with Crippen molar-refractivity contribution < 1.29 is 15.0 Å². The Balaban J connectivity index is 1.04. The van der Waals surface area contributed by atoms with E-state index in [1.165, 1.54) is 22.7 Å². The van der Waals surface area contributed by atoms with Crippen LogP contribution in [0.15, 0.2) is 60.7 Å². The summed E-state index contributed by atoms with van der Waals surface area (Å²) in [4.78, 5) is 13.2. The minimum atomic E-state index is -0.719. The summed E-state index contributed by atoms with van der Waals surface area (Å²) < 4.78 is 0. The molecule has 0 radical (unpaired) electrons. The molecule has 4 aromatic rings. The van der Waals surface area contributed by atoms with Crippen molar-refractivity contribution in [2.24, 2.45) is 11.8 Å². The lowest BCUT2D eigenvalue weighted by atomic mass is 9.74. The van der Waals surface area contributed by atoms with Crippen molar-refractivity contribution in [3.05, 3.63) is 81.8 Å². The molecule has 11 heteroatoms. The van der Waals surface area contributed by atoms with Gasteiger partial charge >= 0.3 is 0 Å². The van der Waals surface area contributed by atoms with Crippen LogP contribution in [0.3, 0.4) is 0 Å². The number of carbonyl (C=O) groups is 1. The van der Waals surface area contributed by atoms with Gasteiger partial charge < -0.3 is 20.8 Å². The fourth-order valence-electron chi connectivity index (χ4n) is 5.36. The highest BCUT2D eigenvalue weighted by Gasteiger charge is 2.36. The van der Waals surface area contributed by atoms with Crippen molar-refractivity contribution in [2.75, 3.05) is 10.6 Å². The van der Waals surface area contributed by atoms with Gasteiger partial charge in [0, 0.05) is 31.1 Å². The van der Waals surface area contributed by atoms with Crippen LogP contribution in [-0.2, 0) is 24.1 Å². The third-order valence-electron chi connectivity index (χ3n) is 7.46. The second-order valence-corrected chi connectivity index (χ2v) is 12.6. The van der Waals surface area contributed by atoms with Crippen LogP contribution in [0.1, 0.15) is 65.8 Å². The molecule has 1 fully saturated rings. The molecule has 4 N–H and O–H groups in total. The molecule has 9 nitrogen and oxygen atoms in total. The number of nitrogens with one attached hydrogen (secondary N) is 2. The molecule has 2 heterocycles. The number of hydrogen-bond acceptors (Lipinski definition) is 10. The van der Waals surface area contributed by atoms with Gasteiger partial charge in [0.25, 0.3) is 0 Å². The van der Waals surface area contributed by atoms with Gasteiger partial charge in [0.15, 0.2) is 0 Å². The lowest BCUT2D eigenvalue weighted by Gasteiger charge is -2.33. The Morgan fingerprint density at radius 3 is 2.15 bits per heavy atom. The Morgan fingerprint density at radius 1 is 0.829 bits per heavy atom. The molecule has 216 valence electrons. The van der Waals surface area contributed by atoms with Gasteiger partial charge in [-0.1, -0.05) is 96.2 Å². The predicted molar refractivity (Wildman–Crippen MR) is 162 cm³/mol. The summed E-state index contributed by atoms with van der Waals surface area (Å²) in [6.45, 7) is 0. The lowest BCUT2D eigenvalue weighted by molar-refractivity contribution is -0.124. The lowest BCUT2D eigenvalue weighted by Crippen LogP contribution is -2.35. The first-order valence-electron chi connectivity index (χ1n) is 14.2. The normalized spacial score (nSPS) is 18.5. The van der Waals surface area contributed by atoms with Gasteiger partial charge in [-0.2, -0.15) is 0 Å². The van der Waals surface area contributed by atoms with Gasteiger partial charge in [0.05, 0.1) is 6.10 Å². The quantitative estimate of drug-likeness (QED) is 0.120. The molecule has 0 bridgehead atoms. The number of aryl methyl sites for hydroxylation is 2. The Morgan fingerprint density at radius 2 is 1.44 bits per heavy atom. The summed E-state index contributed by atoms with van der Waals surface area (Å²) in [5.41, 5.74) is 1.91. The molecule has 5 rings (SSSR count). The first-order valence-corrected chi connectivity index (χ1v) is 15.9. The molecule has 1 aliphatic carbocycles. The van der Waals surface area contributed by atoms with E-state index in [0.717, 1.165) is 72.5 Å². The molecule has 41 heavy (non-hydrogen) atoms. The van der Waals surface area contributed by atoms with Crippen LogP contribution in [0.4, 0.5) is 10.3 Å². The van der Waals surface area contributed by atoms with Crippen LogP contribution in [-0.4, -0.2) is 42.7 Å². The second-order valence-electron chi connectivity index (χ2n) is 10.5. The number of aromatic nitrogens is 4. The molecule has 1 saturated carbocycles. The van der Waals surface area contributed by atoms with E-state index in [-0.39, 0.29) is 17.7 Å². The fourth-order valence-corrected chi connectivity index (χ4v) is 6.97. The summed E-state index contributed by atoms with van der Waals surface area (Å²) in [5, 5.41) is 47.1. The van der Waals surface area contributed by atoms with Gasteiger partial charge in [-0.15, -0.1) is 20.4 Å². The molecule has 0 spiro atoms. The Hall–Kier alpha value is -3.25. The molecular weight excluding hydrogens is 557 g/mol. The summed E-state index contributed by atoms with van der Waals surface area (Å²) in [7, 11) is 0. The predicted octanol–water partition coefficient (Wildman–Crippen LogP) is 5.41. The molecule has 2 aromatic carbocycles. The SMILES string of the molecule is O=C(Nc1nnc(CCCCc2nnc(NC(O)Cc3ccccc3)s2)s1)C1CCCCC1C(O)c1ccccc1. The highest BCUT2D eigenvalue weighted by atomic mass is 32.1. The molecule has 2 aromatic heterocycles. The van der Waals surface area contributed by atoms with Crippen molar-refractivity contribution >= 4 is 38.8 Å². The van der Waals surface area contributed by atoms with Crippen LogP contribution in [0.25, 0.3) is 0 Å². The number of aliphatic hydroxyl groups excluding tert-OH is 2. The number of carbonyl (C=O) groups excluding carboxylic acids is 1. The zero-order valence-electron chi connectivity index (χ0n) is 22.9. The topological polar surface area (TPSA) is 133 Å². The van der Waals surface area contributed by atoms with E-state index in [1.807, 2.05) is 60.7 Å². The molecule has 4 atom stereocenters. The fraction of sp³-hybridized carbons (Fsp3) is 0.433. The Bertz CT molecular complexity index is 1370. The van der Waals surface area contributed by atoms with E-state index in [0.29, 0.717) is 16.7 Å². The number of rotatable bonds is 13. The van der Waals surface area contributed by atoms with Crippen molar-refractivity contribution in [1.82, 2.24) is 20.4 Å².